The lowest BCUT2D eigenvalue weighted by molar-refractivity contribution is -0.174. The summed E-state index contributed by atoms with van der Waals surface area (Å²) in [5.41, 5.74) is 0. The van der Waals surface area contributed by atoms with Crippen molar-refractivity contribution in [3.8, 4) is 0 Å². The highest BCUT2D eigenvalue weighted by molar-refractivity contribution is 5.85. The van der Waals surface area contributed by atoms with Crippen LogP contribution in [0.2, 0.25) is 0 Å². The monoisotopic (exact) mass is 304 g/mol. The van der Waals surface area contributed by atoms with Gasteiger partial charge in [-0.05, 0) is 51.9 Å². The average Bonchev–Trinajstić information content (AvgIpc) is 2.32. The maximum atomic E-state index is 11.8. The molecule has 0 spiro atoms. The fraction of sp³-hybridized carbons (Fsp3) is 1.00. The van der Waals surface area contributed by atoms with Crippen LogP contribution in [-0.4, -0.2) is 57.5 Å². The molecule has 0 aliphatic carbocycles. The SMILES string of the molecule is CNCCC1CCN(CCOCC(F)(F)F)CC1.Cl. The molecule has 0 amide bonds. The molecule has 116 valence electrons. The predicted octanol–water partition coefficient (Wildman–Crippen LogP) is 2.31. The number of hydrogen-bond donors (Lipinski definition) is 1. The maximum absolute atomic E-state index is 11.8. The van der Waals surface area contributed by atoms with Crippen LogP contribution in [-0.2, 0) is 4.74 Å². The highest BCUT2D eigenvalue weighted by Gasteiger charge is 2.27. The van der Waals surface area contributed by atoms with E-state index in [4.69, 9.17) is 0 Å². The third-order valence-electron chi connectivity index (χ3n) is 3.33. The second kappa shape index (κ2) is 9.80. The minimum absolute atomic E-state index is 0. The molecule has 0 atom stereocenters. The third-order valence-corrected chi connectivity index (χ3v) is 3.33. The van der Waals surface area contributed by atoms with E-state index in [1.807, 2.05) is 7.05 Å². The average molecular weight is 305 g/mol. The summed E-state index contributed by atoms with van der Waals surface area (Å²) in [6.45, 7) is 2.63. The van der Waals surface area contributed by atoms with Crippen molar-refractivity contribution in [3.05, 3.63) is 0 Å². The van der Waals surface area contributed by atoms with Gasteiger partial charge in [0, 0.05) is 6.54 Å². The molecule has 0 saturated carbocycles. The van der Waals surface area contributed by atoms with Gasteiger partial charge in [0.1, 0.15) is 6.61 Å². The smallest absolute Gasteiger partial charge is 0.371 e. The molecular formula is C12H24ClF3N2O. The van der Waals surface area contributed by atoms with Crippen molar-refractivity contribution in [1.82, 2.24) is 10.2 Å². The molecule has 0 unspecified atom stereocenters. The first-order valence-electron chi connectivity index (χ1n) is 6.52. The van der Waals surface area contributed by atoms with Gasteiger partial charge in [0.15, 0.2) is 0 Å². The van der Waals surface area contributed by atoms with Crippen LogP contribution in [0.25, 0.3) is 0 Å². The van der Waals surface area contributed by atoms with Crippen LogP contribution < -0.4 is 5.32 Å². The van der Waals surface area contributed by atoms with Gasteiger partial charge >= 0.3 is 6.18 Å². The van der Waals surface area contributed by atoms with E-state index in [1.54, 1.807) is 0 Å². The van der Waals surface area contributed by atoms with Crippen molar-refractivity contribution in [2.24, 2.45) is 5.92 Å². The number of rotatable bonds is 7. The van der Waals surface area contributed by atoms with Crippen LogP contribution in [0.1, 0.15) is 19.3 Å². The Kier molecular flexibility index (Phi) is 9.78. The van der Waals surface area contributed by atoms with E-state index in [9.17, 15) is 13.2 Å². The fourth-order valence-corrected chi connectivity index (χ4v) is 2.23. The van der Waals surface area contributed by atoms with Crippen molar-refractivity contribution in [3.63, 3.8) is 0 Å². The van der Waals surface area contributed by atoms with E-state index >= 15 is 0 Å². The molecule has 1 aliphatic heterocycles. The number of nitrogens with zero attached hydrogens (tertiary/aromatic N) is 1. The van der Waals surface area contributed by atoms with Crippen LogP contribution >= 0.6 is 12.4 Å². The largest absolute Gasteiger partial charge is 0.411 e. The van der Waals surface area contributed by atoms with E-state index in [0.29, 0.717) is 6.54 Å². The second-order valence-corrected chi connectivity index (χ2v) is 4.85. The van der Waals surface area contributed by atoms with Gasteiger partial charge < -0.3 is 15.0 Å². The number of piperidine rings is 1. The van der Waals surface area contributed by atoms with Gasteiger partial charge in [0.2, 0.25) is 0 Å². The maximum Gasteiger partial charge on any atom is 0.411 e. The third kappa shape index (κ3) is 9.49. The molecule has 3 nitrogen and oxygen atoms in total. The van der Waals surface area contributed by atoms with E-state index in [1.165, 1.54) is 6.42 Å². The highest BCUT2D eigenvalue weighted by atomic mass is 35.5. The number of nitrogens with one attached hydrogen (secondary N) is 1. The highest BCUT2D eigenvalue weighted by Crippen LogP contribution is 2.20. The Labute approximate surface area is 119 Å². The first-order valence-corrected chi connectivity index (χ1v) is 6.52. The normalized spacial score (nSPS) is 18.3. The van der Waals surface area contributed by atoms with E-state index < -0.39 is 12.8 Å². The van der Waals surface area contributed by atoms with E-state index in [0.717, 1.165) is 38.4 Å². The van der Waals surface area contributed by atoms with Gasteiger partial charge in [0.25, 0.3) is 0 Å². The number of alkyl halides is 3. The zero-order valence-corrected chi connectivity index (χ0v) is 12.2. The molecule has 7 heteroatoms. The molecule has 0 aromatic heterocycles. The fourth-order valence-electron chi connectivity index (χ4n) is 2.23. The Hall–Kier alpha value is -0.0400. The van der Waals surface area contributed by atoms with Crippen molar-refractivity contribution < 1.29 is 17.9 Å². The molecular weight excluding hydrogens is 281 g/mol. The minimum atomic E-state index is -4.21. The lowest BCUT2D eigenvalue weighted by Gasteiger charge is -2.31. The van der Waals surface area contributed by atoms with Crippen LogP contribution in [0.5, 0.6) is 0 Å². The summed E-state index contributed by atoms with van der Waals surface area (Å²) < 4.78 is 40.2. The molecule has 1 fully saturated rings. The van der Waals surface area contributed by atoms with Gasteiger partial charge in [-0.3, -0.25) is 0 Å². The molecule has 0 radical (unpaired) electrons. The Morgan fingerprint density at radius 3 is 2.42 bits per heavy atom. The van der Waals surface area contributed by atoms with Crippen LogP contribution in [0, 0.1) is 5.92 Å². The molecule has 0 aromatic carbocycles. The molecule has 1 N–H and O–H groups in total. The molecule has 0 bridgehead atoms. The van der Waals surface area contributed by atoms with Crippen molar-refractivity contribution in [2.75, 3.05) is 46.4 Å². The lowest BCUT2D eigenvalue weighted by Crippen LogP contribution is -2.37. The summed E-state index contributed by atoms with van der Waals surface area (Å²) in [6.07, 6.45) is -0.739. The summed E-state index contributed by atoms with van der Waals surface area (Å²) in [5, 5.41) is 3.14. The summed E-state index contributed by atoms with van der Waals surface area (Å²) >= 11 is 0. The van der Waals surface area contributed by atoms with E-state index in [-0.39, 0.29) is 19.0 Å². The molecule has 1 saturated heterocycles. The van der Waals surface area contributed by atoms with E-state index in [2.05, 4.69) is 15.0 Å². The Morgan fingerprint density at radius 2 is 1.89 bits per heavy atom. The number of hydrogen-bond acceptors (Lipinski definition) is 3. The summed E-state index contributed by atoms with van der Waals surface area (Å²) in [6, 6.07) is 0. The van der Waals surface area contributed by atoms with Gasteiger partial charge in [-0.1, -0.05) is 0 Å². The lowest BCUT2D eigenvalue weighted by atomic mass is 9.93. The molecule has 19 heavy (non-hydrogen) atoms. The summed E-state index contributed by atoms with van der Waals surface area (Å²) in [5.74, 6) is 0.754. The topological polar surface area (TPSA) is 24.5 Å². The number of likely N-dealkylation sites (tertiary alicyclic amines) is 1. The quantitative estimate of drug-likeness (QED) is 0.731. The van der Waals surface area contributed by atoms with Gasteiger partial charge in [-0.15, -0.1) is 12.4 Å². The molecule has 1 aliphatic rings. The first-order chi connectivity index (χ1) is 8.51. The van der Waals surface area contributed by atoms with Gasteiger partial charge in [0.05, 0.1) is 6.61 Å². The summed E-state index contributed by atoms with van der Waals surface area (Å²) in [4.78, 5) is 2.19. The van der Waals surface area contributed by atoms with Crippen molar-refractivity contribution in [2.45, 2.75) is 25.4 Å². The molecule has 1 heterocycles. The number of ether oxygens (including phenoxy) is 1. The standard InChI is InChI=1S/C12H23F3N2O.ClH/c1-16-5-2-11-3-6-17(7-4-11)8-9-18-10-12(13,14)15;/h11,16H,2-10H2,1H3;1H. The molecule has 0 aromatic rings. The Bertz CT molecular complexity index is 222. The zero-order chi connectivity index (χ0) is 13.4. The van der Waals surface area contributed by atoms with Gasteiger partial charge in [-0.2, -0.15) is 13.2 Å². The zero-order valence-electron chi connectivity index (χ0n) is 11.3. The molecule has 1 rings (SSSR count). The minimum Gasteiger partial charge on any atom is -0.371 e. The first kappa shape index (κ1) is 19.0. The number of halogens is 4. The van der Waals surface area contributed by atoms with Gasteiger partial charge in [-0.25, -0.2) is 0 Å². The summed E-state index contributed by atoms with van der Waals surface area (Å²) in [7, 11) is 1.95. The van der Waals surface area contributed by atoms with Crippen LogP contribution in [0.3, 0.4) is 0 Å². The van der Waals surface area contributed by atoms with Crippen molar-refractivity contribution in [1.29, 1.82) is 0 Å². The predicted molar refractivity (Wildman–Crippen MR) is 71.8 cm³/mol. The second-order valence-electron chi connectivity index (χ2n) is 4.85. The van der Waals surface area contributed by atoms with Crippen LogP contribution in [0.15, 0.2) is 0 Å². The van der Waals surface area contributed by atoms with Crippen molar-refractivity contribution >= 4 is 12.4 Å². The van der Waals surface area contributed by atoms with Crippen LogP contribution in [0.4, 0.5) is 13.2 Å². The Morgan fingerprint density at radius 1 is 1.26 bits per heavy atom. The Balaban J connectivity index is 0.00000324.